The maximum Gasteiger partial charge on any atom is 0.239 e. The first kappa shape index (κ1) is 27.0. The molecule has 1 aliphatic rings. The lowest BCUT2D eigenvalue weighted by molar-refractivity contribution is -0.118. The number of ether oxygens (including phenoxy) is 1. The molecule has 0 aliphatic carbocycles. The van der Waals surface area contributed by atoms with Crippen LogP contribution in [0.25, 0.3) is 20.8 Å². The number of halogens is 1. The third-order valence-electron chi connectivity index (χ3n) is 6.43. The summed E-state index contributed by atoms with van der Waals surface area (Å²) < 4.78 is 6.97. The smallest absolute Gasteiger partial charge is 0.239 e. The number of fused-ring (bicyclic) bond motifs is 1. The van der Waals surface area contributed by atoms with Gasteiger partial charge < -0.3 is 15.2 Å². The van der Waals surface area contributed by atoms with Crippen LogP contribution in [0.3, 0.4) is 0 Å². The van der Waals surface area contributed by atoms with Gasteiger partial charge in [0.15, 0.2) is 0 Å². The highest BCUT2D eigenvalue weighted by atomic mass is 35.5. The molecule has 0 radical (unpaired) electrons. The van der Waals surface area contributed by atoms with Gasteiger partial charge >= 0.3 is 0 Å². The number of aryl methyl sites for hydroxylation is 1. The van der Waals surface area contributed by atoms with Gasteiger partial charge in [-0.15, -0.1) is 22.7 Å². The van der Waals surface area contributed by atoms with Gasteiger partial charge in [-0.2, -0.15) is 0 Å². The molecule has 8 nitrogen and oxygen atoms in total. The average molecular weight is 572 g/mol. The van der Waals surface area contributed by atoms with Crippen molar-refractivity contribution in [3.8, 4) is 16.3 Å². The van der Waals surface area contributed by atoms with E-state index in [1.54, 1.807) is 11.3 Å². The summed E-state index contributed by atoms with van der Waals surface area (Å²) >= 11 is 9.10. The average Bonchev–Trinajstić information content (AvgIpc) is 3.50. The van der Waals surface area contributed by atoms with Crippen LogP contribution < -0.4 is 10.1 Å². The lowest BCUT2D eigenvalue weighted by atomic mass is 10.1. The number of aliphatic hydroxyl groups is 1. The number of hydrogen-bond donors (Lipinski definition) is 2. The number of piperazine rings is 1. The highest BCUT2D eigenvalue weighted by molar-refractivity contribution is 7.18. The van der Waals surface area contributed by atoms with Crippen LogP contribution in [-0.4, -0.2) is 82.3 Å². The van der Waals surface area contributed by atoms with Crippen molar-refractivity contribution in [2.75, 3.05) is 44.6 Å². The zero-order valence-corrected chi connectivity index (χ0v) is 23.7. The van der Waals surface area contributed by atoms with E-state index in [2.05, 4.69) is 32.0 Å². The molecule has 2 aromatic heterocycles. The molecule has 0 bridgehead atoms. The fraction of sp³-hybridized carbons (Fsp3) is 0.370. The number of carbonyl (C=O) groups is 1. The van der Waals surface area contributed by atoms with E-state index in [1.165, 1.54) is 11.3 Å². The van der Waals surface area contributed by atoms with E-state index in [4.69, 9.17) is 16.3 Å². The minimum Gasteiger partial charge on any atom is -0.491 e. The largest absolute Gasteiger partial charge is 0.491 e. The highest BCUT2D eigenvalue weighted by Crippen LogP contribution is 2.27. The maximum atomic E-state index is 12.7. The van der Waals surface area contributed by atoms with Gasteiger partial charge in [0, 0.05) is 54.3 Å². The zero-order chi connectivity index (χ0) is 26.6. The van der Waals surface area contributed by atoms with Gasteiger partial charge in [-0.05, 0) is 38.1 Å². The van der Waals surface area contributed by atoms with Crippen molar-refractivity contribution >= 4 is 56.2 Å². The summed E-state index contributed by atoms with van der Waals surface area (Å²) in [7, 11) is 0. The van der Waals surface area contributed by atoms with Crippen molar-refractivity contribution in [2.45, 2.75) is 26.0 Å². The first-order valence-corrected chi connectivity index (χ1v) is 14.6. The van der Waals surface area contributed by atoms with Crippen molar-refractivity contribution in [1.82, 2.24) is 19.8 Å². The lowest BCUT2D eigenvalue weighted by Gasteiger charge is -2.40. The van der Waals surface area contributed by atoms with E-state index < -0.39 is 6.10 Å². The Labute approximate surface area is 234 Å². The molecule has 2 atom stereocenters. The number of β-amino-alcohol motifs (C(OH)–C–C–N with tert-alkyl or cyclic N) is 1. The van der Waals surface area contributed by atoms with Crippen molar-refractivity contribution in [2.24, 2.45) is 0 Å². The molecule has 0 spiro atoms. The fourth-order valence-electron chi connectivity index (χ4n) is 4.56. The molecule has 5 rings (SSSR count). The third kappa shape index (κ3) is 6.88. The van der Waals surface area contributed by atoms with Crippen LogP contribution in [0.2, 0.25) is 5.02 Å². The summed E-state index contributed by atoms with van der Waals surface area (Å²) in [5.41, 5.74) is 1.89. The van der Waals surface area contributed by atoms with Crippen LogP contribution in [0.15, 0.2) is 47.8 Å². The number of aliphatic hydroxyl groups excluding tert-OH is 1. The number of nitrogens with one attached hydrogen (secondary N) is 1. The van der Waals surface area contributed by atoms with Crippen molar-refractivity contribution in [3.05, 3.63) is 57.9 Å². The minimum absolute atomic E-state index is 0.0840. The lowest BCUT2D eigenvalue weighted by Crippen LogP contribution is -2.55. The van der Waals surface area contributed by atoms with Crippen LogP contribution >= 0.6 is 34.3 Å². The van der Waals surface area contributed by atoms with Gasteiger partial charge in [-0.25, -0.2) is 9.97 Å². The Bertz CT molecular complexity index is 1390. The molecular formula is C27H30ClN5O3S2. The first-order valence-electron chi connectivity index (χ1n) is 12.5. The molecule has 2 unspecified atom stereocenters. The fourth-order valence-corrected chi connectivity index (χ4v) is 6.25. The maximum absolute atomic E-state index is 12.7. The molecule has 3 heterocycles. The number of nitrogens with zero attached hydrogens (tertiary/aromatic N) is 4. The Hall–Kier alpha value is -2.60. The van der Waals surface area contributed by atoms with Gasteiger partial charge in [0.25, 0.3) is 0 Å². The second-order valence-corrected chi connectivity index (χ2v) is 12.0. The molecule has 4 aromatic rings. The number of aromatic nitrogens is 2. The third-order valence-corrected chi connectivity index (χ3v) is 8.53. The van der Waals surface area contributed by atoms with Gasteiger partial charge in [0.1, 0.15) is 29.3 Å². The Morgan fingerprint density at radius 2 is 2.05 bits per heavy atom. The standard InChI is InChI=1S/C27H30ClN5O3S2/c1-17-12-32(14-26(35)30-25-16-37-27(31-25)19-3-5-20(28)6-4-19)9-10-33(17)13-21(34)15-36-22-7-8-24-23(11-22)29-18(2)38-24/h3-8,11,16-17,21,34H,9-10,12-15H2,1-2H3,(H,30,35). The molecular weight excluding hydrogens is 542 g/mol. The predicted molar refractivity (Wildman–Crippen MR) is 155 cm³/mol. The monoisotopic (exact) mass is 571 g/mol. The first-order chi connectivity index (χ1) is 18.3. The molecule has 0 saturated carbocycles. The van der Waals surface area contributed by atoms with E-state index >= 15 is 0 Å². The quantitative estimate of drug-likeness (QED) is 0.299. The SMILES string of the molecule is Cc1nc2cc(OCC(O)CN3CCN(CC(=O)Nc4csc(-c5ccc(Cl)cc5)n4)CC3C)ccc2s1. The summed E-state index contributed by atoms with van der Waals surface area (Å²) in [6, 6.07) is 13.5. The number of thiazole rings is 2. The molecule has 38 heavy (non-hydrogen) atoms. The second kappa shape index (κ2) is 12.1. The number of amides is 1. The Morgan fingerprint density at radius 3 is 2.84 bits per heavy atom. The summed E-state index contributed by atoms with van der Waals surface area (Å²) in [4.78, 5) is 26.1. The van der Waals surface area contributed by atoms with E-state index in [1.807, 2.05) is 54.8 Å². The minimum atomic E-state index is -0.611. The highest BCUT2D eigenvalue weighted by Gasteiger charge is 2.26. The Balaban J connectivity index is 1.05. The number of hydrogen-bond acceptors (Lipinski definition) is 9. The van der Waals surface area contributed by atoms with Crippen molar-refractivity contribution < 1.29 is 14.6 Å². The summed E-state index contributed by atoms with van der Waals surface area (Å²) in [5, 5.41) is 17.9. The van der Waals surface area contributed by atoms with Gasteiger partial charge in [0.05, 0.1) is 21.8 Å². The molecule has 1 amide bonds. The predicted octanol–water partition coefficient (Wildman–Crippen LogP) is 4.77. The van der Waals surface area contributed by atoms with Crippen molar-refractivity contribution in [1.29, 1.82) is 0 Å². The van der Waals surface area contributed by atoms with E-state index in [0.717, 1.165) is 45.4 Å². The van der Waals surface area contributed by atoms with Crippen LogP contribution in [0.4, 0.5) is 5.82 Å². The molecule has 2 aromatic carbocycles. The summed E-state index contributed by atoms with van der Waals surface area (Å²) in [5.74, 6) is 1.19. The van der Waals surface area contributed by atoms with E-state index in [9.17, 15) is 9.90 Å². The van der Waals surface area contributed by atoms with E-state index in [-0.39, 0.29) is 18.6 Å². The van der Waals surface area contributed by atoms with Crippen LogP contribution in [0.1, 0.15) is 11.9 Å². The van der Waals surface area contributed by atoms with Crippen LogP contribution in [0.5, 0.6) is 5.75 Å². The van der Waals surface area contributed by atoms with Crippen LogP contribution in [-0.2, 0) is 4.79 Å². The number of rotatable bonds is 9. The molecule has 1 saturated heterocycles. The summed E-state index contributed by atoms with van der Waals surface area (Å²) in [6.45, 7) is 7.41. The number of carbonyl (C=O) groups excluding carboxylic acids is 1. The van der Waals surface area contributed by atoms with Crippen molar-refractivity contribution in [3.63, 3.8) is 0 Å². The molecule has 200 valence electrons. The number of benzene rings is 2. The summed E-state index contributed by atoms with van der Waals surface area (Å²) in [6.07, 6.45) is -0.611. The molecule has 2 N–H and O–H groups in total. The second-order valence-electron chi connectivity index (χ2n) is 9.50. The topological polar surface area (TPSA) is 90.8 Å². The Morgan fingerprint density at radius 1 is 1.24 bits per heavy atom. The van der Waals surface area contributed by atoms with Gasteiger partial charge in [0.2, 0.25) is 5.91 Å². The van der Waals surface area contributed by atoms with E-state index in [0.29, 0.717) is 29.7 Å². The molecule has 1 fully saturated rings. The van der Waals surface area contributed by atoms with Crippen LogP contribution in [0, 0.1) is 6.92 Å². The zero-order valence-electron chi connectivity index (χ0n) is 21.3. The Kier molecular flexibility index (Phi) is 8.57. The molecule has 1 aliphatic heterocycles. The van der Waals surface area contributed by atoms with Gasteiger partial charge in [-0.1, -0.05) is 23.7 Å². The molecule has 11 heteroatoms. The number of anilines is 1. The normalized spacial score (nSPS) is 17.5. The van der Waals surface area contributed by atoms with Gasteiger partial charge in [-0.3, -0.25) is 14.6 Å².